The Morgan fingerprint density at radius 3 is 2.57 bits per heavy atom. The molecular formula is C17H22N2O2. The van der Waals surface area contributed by atoms with Crippen LogP contribution < -0.4 is 14.8 Å². The predicted octanol–water partition coefficient (Wildman–Crippen LogP) is 3.19. The van der Waals surface area contributed by atoms with Gasteiger partial charge in [0.2, 0.25) is 5.88 Å². The summed E-state index contributed by atoms with van der Waals surface area (Å²) in [4.78, 5) is 4.30. The highest BCUT2D eigenvalue weighted by Gasteiger charge is 2.21. The topological polar surface area (TPSA) is 43.4 Å². The lowest BCUT2D eigenvalue weighted by Gasteiger charge is -2.22. The minimum Gasteiger partial charge on any atom is -0.494 e. The molecule has 1 unspecified atom stereocenters. The van der Waals surface area contributed by atoms with Crippen molar-refractivity contribution in [3.05, 3.63) is 53.7 Å². The van der Waals surface area contributed by atoms with Crippen molar-refractivity contribution in [2.24, 2.45) is 0 Å². The van der Waals surface area contributed by atoms with Crippen molar-refractivity contribution in [3.8, 4) is 11.6 Å². The van der Waals surface area contributed by atoms with Gasteiger partial charge in [0.25, 0.3) is 0 Å². The van der Waals surface area contributed by atoms with E-state index in [1.165, 1.54) is 0 Å². The third kappa shape index (κ3) is 3.52. The van der Waals surface area contributed by atoms with Crippen LogP contribution in [0.15, 0.2) is 42.6 Å². The van der Waals surface area contributed by atoms with E-state index in [4.69, 9.17) is 9.47 Å². The lowest BCUT2D eigenvalue weighted by atomic mass is 9.98. The molecule has 1 heterocycles. The van der Waals surface area contributed by atoms with Crippen molar-refractivity contribution in [1.29, 1.82) is 0 Å². The fourth-order valence-electron chi connectivity index (χ4n) is 2.39. The average Bonchev–Trinajstić information content (AvgIpc) is 2.54. The molecule has 0 fully saturated rings. The van der Waals surface area contributed by atoms with E-state index in [1.807, 2.05) is 37.3 Å². The number of nitrogens with zero attached hydrogens (tertiary/aromatic N) is 1. The number of ether oxygens (including phenoxy) is 2. The molecule has 1 aromatic carbocycles. The van der Waals surface area contributed by atoms with Gasteiger partial charge >= 0.3 is 0 Å². The van der Waals surface area contributed by atoms with Crippen molar-refractivity contribution in [2.75, 3.05) is 20.3 Å². The van der Waals surface area contributed by atoms with E-state index in [-0.39, 0.29) is 6.04 Å². The van der Waals surface area contributed by atoms with Crippen molar-refractivity contribution >= 4 is 0 Å². The minimum atomic E-state index is -0.0126. The van der Waals surface area contributed by atoms with Crippen molar-refractivity contribution in [3.63, 3.8) is 0 Å². The van der Waals surface area contributed by atoms with Crippen LogP contribution in [0, 0.1) is 0 Å². The van der Waals surface area contributed by atoms with Gasteiger partial charge in [-0.15, -0.1) is 0 Å². The van der Waals surface area contributed by atoms with Crippen molar-refractivity contribution < 1.29 is 9.47 Å². The largest absolute Gasteiger partial charge is 0.494 e. The van der Waals surface area contributed by atoms with E-state index in [0.717, 1.165) is 23.4 Å². The Kier molecular flexibility index (Phi) is 5.58. The first-order valence-electron chi connectivity index (χ1n) is 7.25. The molecular weight excluding hydrogens is 264 g/mol. The van der Waals surface area contributed by atoms with Gasteiger partial charge < -0.3 is 14.8 Å². The number of pyridine rings is 1. The molecule has 0 aliphatic carbocycles. The summed E-state index contributed by atoms with van der Waals surface area (Å²) in [5.74, 6) is 1.52. The van der Waals surface area contributed by atoms with E-state index in [1.54, 1.807) is 13.3 Å². The molecule has 1 N–H and O–H groups in total. The quantitative estimate of drug-likeness (QED) is 0.849. The molecule has 0 amide bonds. The summed E-state index contributed by atoms with van der Waals surface area (Å²) < 4.78 is 11.2. The minimum absolute atomic E-state index is 0.0126. The standard InChI is InChI=1S/C17H22N2O2/c1-4-18-16(14-10-8-12-19-17(14)20-3)13-9-6-7-11-15(13)21-5-2/h6-12,16,18H,4-5H2,1-3H3. The second-order valence-corrected chi connectivity index (χ2v) is 4.56. The second-order valence-electron chi connectivity index (χ2n) is 4.56. The monoisotopic (exact) mass is 286 g/mol. The average molecular weight is 286 g/mol. The van der Waals surface area contributed by atoms with Gasteiger partial charge in [-0.25, -0.2) is 4.98 Å². The summed E-state index contributed by atoms with van der Waals surface area (Å²) in [7, 11) is 1.64. The highest BCUT2D eigenvalue weighted by Crippen LogP contribution is 2.33. The Morgan fingerprint density at radius 2 is 1.86 bits per heavy atom. The van der Waals surface area contributed by atoms with Gasteiger partial charge in [0.05, 0.1) is 19.8 Å². The van der Waals surface area contributed by atoms with Crippen LogP contribution in [0.3, 0.4) is 0 Å². The van der Waals surface area contributed by atoms with Gasteiger partial charge in [-0.3, -0.25) is 0 Å². The summed E-state index contributed by atoms with van der Waals surface area (Å²) in [6.07, 6.45) is 1.74. The molecule has 0 saturated heterocycles. The number of rotatable bonds is 7. The number of hydrogen-bond acceptors (Lipinski definition) is 4. The summed E-state index contributed by atoms with van der Waals surface area (Å²) in [6.45, 7) is 5.55. The Labute approximate surface area is 126 Å². The fourth-order valence-corrected chi connectivity index (χ4v) is 2.39. The maximum atomic E-state index is 5.76. The van der Waals surface area contributed by atoms with Gasteiger partial charge in [0.1, 0.15) is 5.75 Å². The molecule has 0 radical (unpaired) electrons. The first-order chi connectivity index (χ1) is 10.3. The maximum Gasteiger partial charge on any atom is 0.218 e. The van der Waals surface area contributed by atoms with Gasteiger partial charge in [-0.05, 0) is 25.6 Å². The molecule has 4 heteroatoms. The third-order valence-corrected chi connectivity index (χ3v) is 3.24. The first kappa shape index (κ1) is 15.3. The summed E-state index contributed by atoms with van der Waals surface area (Å²) in [5.41, 5.74) is 2.10. The van der Waals surface area contributed by atoms with Crippen molar-refractivity contribution in [2.45, 2.75) is 19.9 Å². The normalized spacial score (nSPS) is 12.0. The number of para-hydroxylation sites is 1. The van der Waals surface area contributed by atoms with E-state index < -0.39 is 0 Å². The Morgan fingerprint density at radius 1 is 1.10 bits per heavy atom. The molecule has 0 saturated carbocycles. The molecule has 0 spiro atoms. The summed E-state index contributed by atoms with van der Waals surface area (Å²) in [6, 6.07) is 12.0. The first-order valence-corrected chi connectivity index (χ1v) is 7.25. The van der Waals surface area contributed by atoms with Gasteiger partial charge in [0.15, 0.2) is 0 Å². The fraction of sp³-hybridized carbons (Fsp3) is 0.353. The molecule has 2 rings (SSSR count). The molecule has 112 valence electrons. The number of aromatic nitrogens is 1. The van der Waals surface area contributed by atoms with Crippen LogP contribution in [0.2, 0.25) is 0 Å². The second kappa shape index (κ2) is 7.64. The Balaban J connectivity index is 2.48. The molecule has 21 heavy (non-hydrogen) atoms. The lowest BCUT2D eigenvalue weighted by Crippen LogP contribution is -2.23. The molecule has 0 aliphatic heterocycles. The van der Waals surface area contributed by atoms with Gasteiger partial charge in [-0.2, -0.15) is 0 Å². The zero-order valence-corrected chi connectivity index (χ0v) is 12.8. The highest BCUT2D eigenvalue weighted by molar-refractivity contribution is 5.44. The molecule has 1 aromatic heterocycles. The van der Waals surface area contributed by atoms with Crippen LogP contribution in [-0.4, -0.2) is 25.2 Å². The van der Waals surface area contributed by atoms with Gasteiger partial charge in [0, 0.05) is 17.3 Å². The van der Waals surface area contributed by atoms with E-state index >= 15 is 0 Å². The zero-order chi connectivity index (χ0) is 15.1. The number of methoxy groups -OCH3 is 1. The van der Waals surface area contributed by atoms with Gasteiger partial charge in [-0.1, -0.05) is 31.2 Å². The summed E-state index contributed by atoms with van der Waals surface area (Å²) in [5, 5.41) is 3.49. The molecule has 0 bridgehead atoms. The van der Waals surface area contributed by atoms with Crippen LogP contribution in [-0.2, 0) is 0 Å². The zero-order valence-electron chi connectivity index (χ0n) is 12.8. The van der Waals surface area contributed by atoms with Crippen LogP contribution in [0.1, 0.15) is 31.0 Å². The smallest absolute Gasteiger partial charge is 0.218 e. The van der Waals surface area contributed by atoms with Crippen LogP contribution in [0.4, 0.5) is 0 Å². The predicted molar refractivity (Wildman–Crippen MR) is 83.9 cm³/mol. The van der Waals surface area contributed by atoms with Crippen LogP contribution in [0.25, 0.3) is 0 Å². The molecule has 1 atom stereocenters. The molecule has 0 aliphatic rings. The van der Waals surface area contributed by atoms with E-state index in [2.05, 4.69) is 23.3 Å². The summed E-state index contributed by atoms with van der Waals surface area (Å²) >= 11 is 0. The SMILES string of the molecule is CCNC(c1ccccc1OCC)c1cccnc1OC. The highest BCUT2D eigenvalue weighted by atomic mass is 16.5. The number of nitrogens with one attached hydrogen (secondary N) is 1. The Bertz CT molecular complexity index is 572. The van der Waals surface area contributed by atoms with E-state index in [9.17, 15) is 0 Å². The Hall–Kier alpha value is -2.07. The number of hydrogen-bond donors (Lipinski definition) is 1. The van der Waals surface area contributed by atoms with E-state index in [0.29, 0.717) is 12.5 Å². The third-order valence-electron chi connectivity index (χ3n) is 3.24. The lowest BCUT2D eigenvalue weighted by molar-refractivity contribution is 0.332. The molecule has 2 aromatic rings. The maximum absolute atomic E-state index is 5.76. The van der Waals surface area contributed by atoms with Crippen molar-refractivity contribution in [1.82, 2.24) is 10.3 Å². The molecule has 4 nitrogen and oxygen atoms in total. The van der Waals surface area contributed by atoms with Crippen LogP contribution in [0.5, 0.6) is 11.6 Å². The van der Waals surface area contributed by atoms with Crippen LogP contribution >= 0.6 is 0 Å². The number of benzene rings is 1.